The summed E-state index contributed by atoms with van der Waals surface area (Å²) in [7, 11) is 0. The molecule has 6 unspecified atom stereocenters. The number of alkyl halides is 19. The minimum Gasteiger partial charge on any atom is -0.458 e. The molecular formula is C93H79Br6Cl8F16N17O7. The average molecular weight is 2610 g/mol. The summed E-state index contributed by atoms with van der Waals surface area (Å²) in [5.41, 5.74) is 4.60. The van der Waals surface area contributed by atoms with Gasteiger partial charge in [0.1, 0.15) is 52.3 Å². The number of nitrogens with one attached hydrogen (secondary N) is 12. The molecule has 6 amide bonds. The van der Waals surface area contributed by atoms with Gasteiger partial charge in [0.25, 0.3) is 35.4 Å². The first kappa shape index (κ1) is 124. The van der Waals surface area contributed by atoms with E-state index in [1.165, 1.54) is 72.2 Å². The van der Waals surface area contributed by atoms with Crippen LogP contribution in [0.1, 0.15) is 114 Å². The topological polar surface area (TPSA) is 324 Å². The molecule has 12 N–H and O–H groups in total. The quantitative estimate of drug-likeness (QED) is 0.00807. The molecule has 54 heteroatoms. The maximum atomic E-state index is 13.9. The lowest BCUT2D eigenvalue weighted by Gasteiger charge is -2.32. The first-order valence-corrected chi connectivity index (χ1v) is 49.6. The molecule has 0 aliphatic rings. The fourth-order valence-electron chi connectivity index (χ4n) is 11.3. The van der Waals surface area contributed by atoms with E-state index in [-0.39, 0.29) is 71.9 Å². The SMILES string of the molecule is CC(NC(=O)c1ccc(Br)cn1)Nc1ccc(Cl)cc1.CCC(Cl)(Cl)C(NC(=O)c1ccc(Br)cn1)Nc1ccc(C)cc1.CCCC(Cl)(Cl)C(NC(=O)c1ccc(Br)cn1)Nc1ccc(C)cc1.O=C(NC(Nc1ccc(Cl)c(F)c1)C(F)(F)C(F)(F)F)c1cc(Br)co1.O=C(NC(Nc1ccc(Cl)cc1)C(F)(F)C(F)(F)F)c1ccc(Br)cc1.O=C(NC(Nc1ccc(Cl)nc1)C(F)(F)C(F)(F)F)c1ccc(Br)cn1. The fourth-order valence-corrected chi connectivity index (χ4v) is 14.1. The van der Waals surface area contributed by atoms with Crippen LogP contribution in [0.2, 0.25) is 20.2 Å². The zero-order valence-corrected chi connectivity index (χ0v) is 91.2. The van der Waals surface area contributed by atoms with E-state index in [0.29, 0.717) is 44.3 Å². The zero-order chi connectivity index (χ0) is 109. The summed E-state index contributed by atoms with van der Waals surface area (Å²) >= 11 is 67.2. The molecule has 0 aliphatic heterocycles. The van der Waals surface area contributed by atoms with Crippen molar-refractivity contribution in [3.8, 4) is 0 Å². The summed E-state index contributed by atoms with van der Waals surface area (Å²) < 4.78 is 217. The highest BCUT2D eigenvalue weighted by molar-refractivity contribution is 9.11. The minimum atomic E-state index is -5.99. The van der Waals surface area contributed by atoms with Crippen LogP contribution in [0.5, 0.6) is 0 Å². The lowest BCUT2D eigenvalue weighted by atomic mass is 10.1. The van der Waals surface area contributed by atoms with Gasteiger partial charge >= 0.3 is 36.3 Å². The van der Waals surface area contributed by atoms with Crippen molar-refractivity contribution in [2.24, 2.45) is 0 Å². The highest BCUT2D eigenvalue weighted by atomic mass is 79.9. The van der Waals surface area contributed by atoms with E-state index in [9.17, 15) is 99.0 Å². The number of aryl methyl sites for hydroxylation is 2. The molecule has 147 heavy (non-hydrogen) atoms. The number of hydrogen-bond donors (Lipinski definition) is 12. The Morgan fingerprint density at radius 2 is 0.660 bits per heavy atom. The van der Waals surface area contributed by atoms with Gasteiger partial charge in [0.05, 0.1) is 27.5 Å². The molecule has 0 aliphatic carbocycles. The van der Waals surface area contributed by atoms with Crippen molar-refractivity contribution in [1.82, 2.24) is 56.8 Å². The predicted octanol–water partition coefficient (Wildman–Crippen LogP) is 28.8. The summed E-state index contributed by atoms with van der Waals surface area (Å²) in [5.74, 6) is -22.0. The summed E-state index contributed by atoms with van der Waals surface area (Å²) in [6.45, 7) is 9.70. The van der Waals surface area contributed by atoms with Crippen LogP contribution in [0.25, 0.3) is 0 Å². The van der Waals surface area contributed by atoms with Crippen LogP contribution < -0.4 is 63.8 Å². The van der Waals surface area contributed by atoms with Gasteiger partial charge in [-0.05, 0) is 289 Å². The number of pyridine rings is 5. The second-order valence-corrected chi connectivity index (χ2v) is 40.7. The van der Waals surface area contributed by atoms with Gasteiger partial charge in [-0.15, -0.1) is 0 Å². The molecule has 6 atom stereocenters. The zero-order valence-electron chi connectivity index (χ0n) is 75.6. The van der Waals surface area contributed by atoms with Crippen molar-refractivity contribution in [3.05, 3.63) is 342 Å². The average Bonchev–Trinajstić information content (AvgIpc) is 1.27. The monoisotopic (exact) mass is 2600 g/mol. The van der Waals surface area contributed by atoms with Gasteiger partial charge < -0.3 is 68.2 Å². The summed E-state index contributed by atoms with van der Waals surface area (Å²) in [4.78, 5) is 92.4. The van der Waals surface area contributed by atoms with E-state index in [0.717, 1.165) is 90.8 Å². The summed E-state index contributed by atoms with van der Waals surface area (Å²) in [6.07, 6.45) is -18.2. The van der Waals surface area contributed by atoms with Gasteiger partial charge in [0.2, 0.25) is 0 Å². The molecule has 788 valence electrons. The standard InChI is InChI=1S/C18H20BrCl2N3O.C17H18BrCl2N3O.C16H11BrClF5N2O.C14H8BrClF6N2O2.C14H9BrClF5N4O.C14H13BrClN3O/c1-3-10-18(20,21)17(23-14-7-4-12(2)5-8-14)24-16(25)15-9-6-13(19)11-22-15;1-3-17(19,20)16(22-13-7-4-11(2)5-8-13)23-15(24)14-9-6-12(18)10-21-14;17-10-3-1-9(2-4-10)13(26)25-14(15(19,20)16(21,22)23)24-12-7-5-11(18)6-8-12;15-6-3-10(26-5-6)11(25)24-12(13(18,19)14(20,21)22)23-7-1-2-8(16)9(17)4-7;15-7-1-3-9(22-5-7)11(26)25-12(13(17,18)14(19,20)21)24-8-2-4-10(16)23-6-8;1-9(18-12-5-3-11(16)4-6-12)19-14(20)13-7-2-10(15)8-17-13/h4-9,11,17,23H,3,10H2,1-2H3,(H,24,25);4-10,16,22H,3H2,1-2H3,(H,23,24);1-8,14,24H,(H,25,26);1-5,12,23H,(H,24,25);1-6,12,24H,(H,25,26);2-9,18H,1H3,(H,19,20). The lowest BCUT2D eigenvalue weighted by Crippen LogP contribution is -2.59. The van der Waals surface area contributed by atoms with Gasteiger partial charge in [-0.3, -0.25) is 28.8 Å². The third kappa shape index (κ3) is 39.7. The molecule has 0 spiro atoms. The predicted molar refractivity (Wildman–Crippen MR) is 556 cm³/mol. The van der Waals surface area contributed by atoms with E-state index in [1.54, 1.807) is 83.1 Å². The molecule has 12 aromatic rings. The highest BCUT2D eigenvalue weighted by Gasteiger charge is 2.66. The van der Waals surface area contributed by atoms with E-state index >= 15 is 0 Å². The third-order valence-electron chi connectivity index (χ3n) is 19.0. The van der Waals surface area contributed by atoms with E-state index < -0.39 is 111 Å². The van der Waals surface area contributed by atoms with Crippen molar-refractivity contribution >= 4 is 258 Å². The number of furan rings is 1. The Labute approximate surface area is 919 Å². The smallest absolute Gasteiger partial charge is 0.457 e. The molecule has 6 aromatic heterocycles. The number of carbonyl (C=O) groups is 6. The van der Waals surface area contributed by atoms with Gasteiger partial charge in [-0.25, -0.2) is 29.3 Å². The molecule has 6 heterocycles. The third-order valence-corrected chi connectivity index (χ3v) is 24.6. The fraction of sp³-hybridized carbons (Fsp3) is 0.237. The van der Waals surface area contributed by atoms with Gasteiger partial charge in [0, 0.05) is 97.3 Å². The molecule has 24 nitrogen and oxygen atoms in total. The number of amides is 6. The first-order valence-electron chi connectivity index (χ1n) is 41.8. The van der Waals surface area contributed by atoms with E-state index in [1.807, 2.05) is 106 Å². The molecule has 0 fully saturated rings. The molecule has 0 saturated carbocycles. The molecule has 6 aromatic carbocycles. The largest absolute Gasteiger partial charge is 0.458 e. The lowest BCUT2D eigenvalue weighted by molar-refractivity contribution is -0.289. The Bertz CT molecular complexity index is 6170. The number of benzene rings is 6. The van der Waals surface area contributed by atoms with Crippen molar-refractivity contribution in [3.63, 3.8) is 0 Å². The first-order chi connectivity index (χ1) is 68.6. The molecular weight excluding hydrogens is 2530 g/mol. The van der Waals surface area contributed by atoms with Crippen molar-refractivity contribution < 1.29 is 103 Å². The second-order valence-electron chi connectivity index (χ2n) is 30.4. The summed E-state index contributed by atoms with van der Waals surface area (Å²) in [6, 6.07) is 52.0. The van der Waals surface area contributed by atoms with Crippen LogP contribution in [-0.4, -0.2) is 142 Å². The van der Waals surface area contributed by atoms with Crippen molar-refractivity contribution in [1.29, 1.82) is 0 Å². The number of carbonyl (C=O) groups excluding carboxylic acids is 6. The number of anilines is 6. The Balaban J connectivity index is 0.000000239. The second kappa shape index (κ2) is 56.2. The van der Waals surface area contributed by atoms with Gasteiger partial charge in [-0.1, -0.05) is 164 Å². The van der Waals surface area contributed by atoms with Crippen LogP contribution in [0.15, 0.2) is 275 Å². The number of nitrogens with zero attached hydrogens (tertiary/aromatic N) is 5. The Morgan fingerprint density at radius 1 is 0.340 bits per heavy atom. The van der Waals surface area contributed by atoms with E-state index in [4.69, 9.17) is 97.2 Å². The maximum absolute atomic E-state index is 13.9. The van der Waals surface area contributed by atoms with E-state index in [2.05, 4.69) is 152 Å². The number of rotatable bonds is 32. The van der Waals surface area contributed by atoms with Gasteiger partial charge in [0.15, 0.2) is 32.9 Å². The maximum Gasteiger partial charge on any atom is 0.457 e. The minimum absolute atomic E-state index is 0.0118. The van der Waals surface area contributed by atoms with Crippen LogP contribution in [0, 0.1) is 19.7 Å². The Hall–Kier alpha value is -9.95. The molecule has 12 rings (SSSR count). The molecule has 0 saturated heterocycles. The molecule has 0 bridgehead atoms. The Kier molecular flexibility index (Phi) is 47.4. The van der Waals surface area contributed by atoms with Crippen LogP contribution in [0.3, 0.4) is 0 Å². The van der Waals surface area contributed by atoms with Crippen molar-refractivity contribution in [2.75, 3.05) is 31.9 Å². The highest BCUT2D eigenvalue weighted by Crippen LogP contribution is 2.43. The Morgan fingerprint density at radius 3 is 1.00 bits per heavy atom. The van der Waals surface area contributed by atoms with Crippen LogP contribution >= 0.6 is 188 Å². The van der Waals surface area contributed by atoms with Crippen LogP contribution in [0.4, 0.5) is 104 Å². The number of halogens is 30. The van der Waals surface area contributed by atoms with Gasteiger partial charge in [-0.2, -0.15) is 65.9 Å². The summed E-state index contributed by atoms with van der Waals surface area (Å²) in [5, 5.41) is 29.0. The molecule has 0 radical (unpaired) electrons. The normalized spacial score (nSPS) is 12.8. The van der Waals surface area contributed by atoms with Crippen molar-refractivity contribution in [2.45, 2.75) is 136 Å². The number of hydrogen-bond acceptors (Lipinski definition) is 18. The number of aromatic nitrogens is 5. The van der Waals surface area contributed by atoms with Crippen LogP contribution in [-0.2, 0) is 0 Å².